The Hall–Kier alpha value is -2.44. The monoisotopic (exact) mass is 344 g/mol. The third-order valence-electron chi connectivity index (χ3n) is 5.04. The Morgan fingerprint density at radius 3 is 2.80 bits per heavy atom. The lowest BCUT2D eigenvalue weighted by molar-refractivity contribution is -0.144. The number of esters is 1. The number of aryl methyl sites for hydroxylation is 1. The Morgan fingerprint density at radius 2 is 2.08 bits per heavy atom. The van der Waals surface area contributed by atoms with E-state index in [0.29, 0.717) is 24.2 Å². The molecule has 2 heterocycles. The zero-order chi connectivity index (χ0) is 17.9. The van der Waals surface area contributed by atoms with Gasteiger partial charge in [0.25, 0.3) is 5.91 Å². The van der Waals surface area contributed by atoms with Crippen molar-refractivity contribution in [3.63, 3.8) is 0 Å². The van der Waals surface area contributed by atoms with Crippen LogP contribution in [-0.2, 0) is 9.53 Å². The summed E-state index contributed by atoms with van der Waals surface area (Å²) in [5, 5.41) is 7.17. The summed E-state index contributed by atoms with van der Waals surface area (Å²) in [6, 6.07) is 1.84. The highest BCUT2D eigenvalue weighted by Crippen LogP contribution is 2.39. The summed E-state index contributed by atoms with van der Waals surface area (Å²) >= 11 is 0. The van der Waals surface area contributed by atoms with Gasteiger partial charge in [-0.3, -0.25) is 9.59 Å². The van der Waals surface area contributed by atoms with Crippen molar-refractivity contribution in [2.75, 3.05) is 13.7 Å². The summed E-state index contributed by atoms with van der Waals surface area (Å²) < 4.78 is 6.44. The van der Waals surface area contributed by atoms with Gasteiger partial charge >= 0.3 is 5.97 Å². The fraction of sp³-hybridized carbons (Fsp3) is 0.556. The summed E-state index contributed by atoms with van der Waals surface area (Å²) in [7, 11) is 1.41. The molecule has 0 atom stereocenters. The second kappa shape index (κ2) is 7.21. The SMILES string of the molecule is COC(=O)CC1(CNC(=O)c2cnn3ccc(C)nc23)CCCCC1. The molecule has 0 radical (unpaired) electrons. The number of nitrogens with one attached hydrogen (secondary N) is 1. The fourth-order valence-corrected chi connectivity index (χ4v) is 3.58. The van der Waals surface area contributed by atoms with Gasteiger partial charge in [0.1, 0.15) is 5.56 Å². The van der Waals surface area contributed by atoms with Crippen molar-refractivity contribution in [3.05, 3.63) is 29.7 Å². The van der Waals surface area contributed by atoms with E-state index in [1.54, 1.807) is 10.7 Å². The molecule has 134 valence electrons. The predicted molar refractivity (Wildman–Crippen MR) is 92.2 cm³/mol. The lowest BCUT2D eigenvalue weighted by atomic mass is 9.71. The molecule has 7 heteroatoms. The topological polar surface area (TPSA) is 85.6 Å². The average molecular weight is 344 g/mol. The highest BCUT2D eigenvalue weighted by atomic mass is 16.5. The minimum Gasteiger partial charge on any atom is -0.469 e. The molecule has 3 rings (SSSR count). The van der Waals surface area contributed by atoms with Crippen LogP contribution < -0.4 is 5.32 Å². The number of ether oxygens (including phenoxy) is 1. The van der Waals surface area contributed by atoms with Crippen LogP contribution in [0.4, 0.5) is 0 Å². The van der Waals surface area contributed by atoms with E-state index in [4.69, 9.17) is 4.74 Å². The number of methoxy groups -OCH3 is 1. The normalized spacial score (nSPS) is 16.6. The number of aromatic nitrogens is 3. The molecule has 1 aliphatic carbocycles. The molecule has 0 spiro atoms. The number of fused-ring (bicyclic) bond motifs is 1. The molecule has 0 saturated heterocycles. The minimum atomic E-state index is -0.218. The Kier molecular flexibility index (Phi) is 5.01. The van der Waals surface area contributed by atoms with Crippen molar-refractivity contribution in [1.29, 1.82) is 0 Å². The van der Waals surface area contributed by atoms with Crippen molar-refractivity contribution in [3.8, 4) is 0 Å². The summed E-state index contributed by atoms with van der Waals surface area (Å²) in [5.41, 5.74) is 1.61. The van der Waals surface area contributed by atoms with E-state index in [9.17, 15) is 9.59 Å². The molecule has 0 bridgehead atoms. The molecule has 1 saturated carbocycles. The van der Waals surface area contributed by atoms with E-state index < -0.39 is 0 Å². The van der Waals surface area contributed by atoms with Gasteiger partial charge in [0.2, 0.25) is 0 Å². The van der Waals surface area contributed by atoms with E-state index in [0.717, 1.165) is 31.4 Å². The molecular formula is C18H24N4O3. The van der Waals surface area contributed by atoms with Crippen LogP contribution in [0.2, 0.25) is 0 Å². The molecule has 0 aliphatic heterocycles. The molecule has 1 aliphatic rings. The maximum atomic E-state index is 12.7. The average Bonchev–Trinajstić information content (AvgIpc) is 3.03. The minimum absolute atomic E-state index is 0.206. The number of hydrogen-bond acceptors (Lipinski definition) is 5. The van der Waals surface area contributed by atoms with E-state index in [1.165, 1.54) is 19.7 Å². The van der Waals surface area contributed by atoms with Crippen LogP contribution in [0, 0.1) is 12.3 Å². The summed E-state index contributed by atoms with van der Waals surface area (Å²) in [6.45, 7) is 2.34. The number of nitrogens with zero attached hydrogens (tertiary/aromatic N) is 3. The van der Waals surface area contributed by atoms with Gasteiger partial charge in [-0.25, -0.2) is 9.50 Å². The first-order valence-electron chi connectivity index (χ1n) is 8.69. The van der Waals surface area contributed by atoms with Gasteiger partial charge in [0, 0.05) is 18.4 Å². The van der Waals surface area contributed by atoms with E-state index in [2.05, 4.69) is 15.4 Å². The van der Waals surface area contributed by atoms with Crippen LogP contribution in [0.25, 0.3) is 5.65 Å². The molecule has 25 heavy (non-hydrogen) atoms. The molecule has 1 fully saturated rings. The highest BCUT2D eigenvalue weighted by molar-refractivity contribution is 5.99. The highest BCUT2D eigenvalue weighted by Gasteiger charge is 2.35. The molecule has 1 N–H and O–H groups in total. The number of amides is 1. The van der Waals surface area contributed by atoms with E-state index in [1.807, 2.05) is 13.0 Å². The zero-order valence-electron chi connectivity index (χ0n) is 14.7. The quantitative estimate of drug-likeness (QED) is 0.841. The first-order valence-corrected chi connectivity index (χ1v) is 8.69. The standard InChI is InChI=1S/C18H24N4O3/c1-13-6-9-22-16(21-13)14(11-20-22)17(24)19-12-18(10-15(23)25-2)7-4-3-5-8-18/h6,9,11H,3-5,7-8,10,12H2,1-2H3,(H,19,24). The molecule has 0 aromatic carbocycles. The molecule has 2 aromatic heterocycles. The molecule has 1 amide bonds. The third kappa shape index (κ3) is 3.81. The first-order chi connectivity index (χ1) is 12.0. The van der Waals surface area contributed by atoms with Crippen LogP contribution >= 0.6 is 0 Å². The van der Waals surface area contributed by atoms with E-state index >= 15 is 0 Å². The molecular weight excluding hydrogens is 320 g/mol. The van der Waals surface area contributed by atoms with Crippen molar-refractivity contribution >= 4 is 17.5 Å². The molecule has 0 unspecified atom stereocenters. The molecule has 7 nitrogen and oxygen atoms in total. The van der Waals surface area contributed by atoms with E-state index in [-0.39, 0.29) is 17.3 Å². The van der Waals surface area contributed by atoms with Gasteiger partial charge < -0.3 is 10.1 Å². The van der Waals surface area contributed by atoms with Crippen LogP contribution in [0.1, 0.15) is 54.6 Å². The van der Waals surface area contributed by atoms with Crippen molar-refractivity contribution in [1.82, 2.24) is 19.9 Å². The summed E-state index contributed by atoms with van der Waals surface area (Å²) in [4.78, 5) is 28.9. The van der Waals surface area contributed by atoms with Crippen LogP contribution in [-0.4, -0.2) is 40.1 Å². The number of carbonyl (C=O) groups excluding carboxylic acids is 2. The third-order valence-corrected chi connectivity index (χ3v) is 5.04. The van der Waals surface area contributed by atoms with Gasteiger partial charge in [0.15, 0.2) is 5.65 Å². The lowest BCUT2D eigenvalue weighted by Gasteiger charge is -2.36. The Morgan fingerprint density at radius 1 is 1.32 bits per heavy atom. The van der Waals surface area contributed by atoms with Crippen molar-refractivity contribution in [2.45, 2.75) is 45.4 Å². The van der Waals surface area contributed by atoms with Crippen LogP contribution in [0.15, 0.2) is 18.5 Å². The van der Waals surface area contributed by atoms with Gasteiger partial charge in [-0.2, -0.15) is 5.10 Å². The smallest absolute Gasteiger partial charge is 0.306 e. The number of hydrogen-bond donors (Lipinski definition) is 1. The summed E-state index contributed by atoms with van der Waals surface area (Å²) in [5.74, 6) is -0.424. The lowest BCUT2D eigenvalue weighted by Crippen LogP contribution is -2.40. The van der Waals surface area contributed by atoms with Crippen LogP contribution in [0.3, 0.4) is 0 Å². The van der Waals surface area contributed by atoms with Crippen molar-refractivity contribution < 1.29 is 14.3 Å². The second-order valence-corrected chi connectivity index (χ2v) is 6.89. The summed E-state index contributed by atoms with van der Waals surface area (Å²) in [6.07, 6.45) is 8.83. The van der Waals surface area contributed by atoms with Gasteiger partial charge in [-0.05, 0) is 31.2 Å². The van der Waals surface area contributed by atoms with Gasteiger partial charge in [-0.1, -0.05) is 19.3 Å². The van der Waals surface area contributed by atoms with Gasteiger partial charge in [-0.15, -0.1) is 0 Å². The Labute approximate surface area is 146 Å². The number of carbonyl (C=O) groups is 2. The molecule has 2 aromatic rings. The van der Waals surface area contributed by atoms with Crippen molar-refractivity contribution in [2.24, 2.45) is 5.41 Å². The fourth-order valence-electron chi connectivity index (χ4n) is 3.58. The Balaban J connectivity index is 1.74. The van der Waals surface area contributed by atoms with Gasteiger partial charge in [0.05, 0.1) is 19.7 Å². The zero-order valence-corrected chi connectivity index (χ0v) is 14.7. The largest absolute Gasteiger partial charge is 0.469 e. The predicted octanol–water partition coefficient (Wildman–Crippen LogP) is 2.28. The maximum Gasteiger partial charge on any atom is 0.306 e. The maximum absolute atomic E-state index is 12.7. The first kappa shape index (κ1) is 17.4. The number of rotatable bonds is 5. The second-order valence-electron chi connectivity index (χ2n) is 6.89. The Bertz CT molecular complexity index is 778. The van der Waals surface area contributed by atoms with Crippen LogP contribution in [0.5, 0.6) is 0 Å².